The first-order chi connectivity index (χ1) is 18.0. The van der Waals surface area contributed by atoms with Crippen molar-refractivity contribution < 1.29 is 19.0 Å². The van der Waals surface area contributed by atoms with Gasteiger partial charge in [-0.2, -0.15) is 5.26 Å². The molecule has 0 spiro atoms. The van der Waals surface area contributed by atoms with Gasteiger partial charge in [0, 0.05) is 16.9 Å². The highest BCUT2D eigenvalue weighted by Crippen LogP contribution is 2.42. The first kappa shape index (κ1) is 25.6. The molecular weight excluding hydrogens is 490 g/mol. The number of hydrogen-bond donors (Lipinski definition) is 2. The van der Waals surface area contributed by atoms with Gasteiger partial charge >= 0.3 is 0 Å². The van der Waals surface area contributed by atoms with Gasteiger partial charge in [-0.1, -0.05) is 23.9 Å². The van der Waals surface area contributed by atoms with Crippen molar-refractivity contribution >= 4 is 23.3 Å². The molecule has 186 valence electrons. The normalized spacial score (nSPS) is 10.5. The molecule has 2 aromatic heterocycles. The molecule has 2 aromatic carbocycles. The van der Waals surface area contributed by atoms with E-state index in [9.17, 15) is 5.26 Å². The van der Waals surface area contributed by atoms with Crippen LogP contribution in [0.3, 0.4) is 0 Å². The number of aromatic nitrogens is 2. The van der Waals surface area contributed by atoms with Crippen LogP contribution in [0.2, 0.25) is 0 Å². The van der Waals surface area contributed by atoms with Crippen LogP contribution in [0, 0.1) is 24.8 Å². The number of ether oxygens (including phenoxy) is 2. The van der Waals surface area contributed by atoms with E-state index in [1.54, 1.807) is 31.4 Å². The summed E-state index contributed by atoms with van der Waals surface area (Å²) in [4.78, 5) is 12.5. The number of methoxy groups -OCH3 is 1. The summed E-state index contributed by atoms with van der Waals surface area (Å²) in [7, 11) is 1.61. The molecule has 4 aromatic rings. The summed E-state index contributed by atoms with van der Waals surface area (Å²) in [5.41, 5.74) is 9.09. The summed E-state index contributed by atoms with van der Waals surface area (Å²) < 4.78 is 16.5. The van der Waals surface area contributed by atoms with E-state index >= 15 is 0 Å². The average molecular weight is 514 g/mol. The van der Waals surface area contributed by atoms with Crippen molar-refractivity contribution in [3.05, 3.63) is 77.0 Å². The fourth-order valence-electron chi connectivity index (χ4n) is 3.61. The number of pyridine rings is 1. The first-order valence-corrected chi connectivity index (χ1v) is 12.2. The van der Waals surface area contributed by atoms with Crippen molar-refractivity contribution in [3.8, 4) is 40.1 Å². The van der Waals surface area contributed by atoms with Crippen molar-refractivity contribution in [2.24, 2.45) is 0 Å². The first-order valence-electron chi connectivity index (χ1n) is 11.2. The average Bonchev–Trinajstić information content (AvgIpc) is 3.30. The minimum atomic E-state index is -0.101. The van der Waals surface area contributed by atoms with E-state index in [-0.39, 0.29) is 30.3 Å². The smallest absolute Gasteiger partial charge is 0.236 e. The lowest BCUT2D eigenvalue weighted by Gasteiger charge is -2.13. The quantitative estimate of drug-likeness (QED) is 0.223. The molecular formula is C27H23N5O4S. The Balaban J connectivity index is 1.64. The number of anilines is 1. The van der Waals surface area contributed by atoms with E-state index in [1.165, 1.54) is 11.8 Å². The Morgan fingerprint density at radius 2 is 1.78 bits per heavy atom. The molecule has 0 amide bonds. The summed E-state index contributed by atoms with van der Waals surface area (Å²) in [5, 5.41) is 19.4. The van der Waals surface area contributed by atoms with Crippen LogP contribution in [0.15, 0.2) is 58.0 Å². The molecule has 9 nitrogen and oxygen atoms in total. The van der Waals surface area contributed by atoms with Crippen molar-refractivity contribution in [2.75, 3.05) is 26.1 Å². The summed E-state index contributed by atoms with van der Waals surface area (Å²) in [6, 6.07) is 16.5. The third-order valence-electron chi connectivity index (χ3n) is 5.47. The van der Waals surface area contributed by atoms with E-state index in [4.69, 9.17) is 31.3 Å². The van der Waals surface area contributed by atoms with Crippen LogP contribution in [-0.2, 0) is 5.75 Å². The molecule has 0 bridgehead atoms. The highest BCUT2D eigenvalue weighted by atomic mass is 32.2. The zero-order valence-corrected chi connectivity index (χ0v) is 21.0. The summed E-state index contributed by atoms with van der Waals surface area (Å²) in [6.45, 7) is 9.53. The fourth-order valence-corrected chi connectivity index (χ4v) is 4.61. The Hall–Kier alpha value is -4.51. The second-order valence-corrected chi connectivity index (χ2v) is 8.72. The van der Waals surface area contributed by atoms with Gasteiger partial charge in [-0.15, -0.1) is 0 Å². The predicted octanol–water partition coefficient (Wildman–Crippen LogP) is 5.39. The number of nitrogen functional groups attached to an aromatic ring is 1. The number of nitrogens with two attached hydrogens (primary N) is 1. The lowest BCUT2D eigenvalue weighted by atomic mass is 10.00. The Morgan fingerprint density at radius 1 is 1.11 bits per heavy atom. The topological polar surface area (TPSA) is 132 Å². The molecule has 0 saturated heterocycles. The zero-order chi connectivity index (χ0) is 26.4. The zero-order valence-electron chi connectivity index (χ0n) is 20.2. The van der Waals surface area contributed by atoms with Gasteiger partial charge in [-0.3, -0.25) is 0 Å². The molecule has 0 unspecified atom stereocenters. The second-order valence-electron chi connectivity index (χ2n) is 7.76. The van der Waals surface area contributed by atoms with Crippen molar-refractivity contribution in [1.29, 1.82) is 5.26 Å². The van der Waals surface area contributed by atoms with Crippen LogP contribution in [0.1, 0.15) is 17.0 Å². The standard InChI is InChI=1S/C27H23N5O4S/c1-16-22(31-26(36-16)18-6-8-19(34-3)9-7-18)15-37-27-21(14-28)23(24(30-2)25(29)32-27)17-4-10-20(11-5-17)35-13-12-33/h4-11,33H,12-13,15H2,1,3H3,(H2,29,32). The fraction of sp³-hybridized carbons (Fsp3) is 0.185. The lowest BCUT2D eigenvalue weighted by Crippen LogP contribution is -2.02. The van der Waals surface area contributed by atoms with Gasteiger partial charge in [0.15, 0.2) is 0 Å². The maximum absolute atomic E-state index is 10.0. The van der Waals surface area contributed by atoms with Gasteiger partial charge in [-0.05, 0) is 48.9 Å². The largest absolute Gasteiger partial charge is 0.497 e. The maximum atomic E-state index is 10.0. The van der Waals surface area contributed by atoms with Gasteiger partial charge in [0.1, 0.15) is 40.8 Å². The molecule has 37 heavy (non-hydrogen) atoms. The van der Waals surface area contributed by atoms with Crippen LogP contribution in [0.25, 0.3) is 27.4 Å². The van der Waals surface area contributed by atoms with Gasteiger partial charge < -0.3 is 24.7 Å². The number of thioether (sulfide) groups is 1. The SMILES string of the molecule is [C-]#[N+]c1c(N)nc(SCc2nc(-c3ccc(OC)cc3)oc2C)c(C#N)c1-c1ccc(OCCO)cc1. The molecule has 0 aliphatic carbocycles. The van der Waals surface area contributed by atoms with Crippen molar-refractivity contribution in [2.45, 2.75) is 17.7 Å². The Bertz CT molecular complexity index is 1490. The molecule has 2 heterocycles. The second kappa shape index (κ2) is 11.5. The molecule has 0 saturated carbocycles. The minimum absolute atomic E-state index is 0.0444. The van der Waals surface area contributed by atoms with E-state index in [0.29, 0.717) is 45.0 Å². The third-order valence-corrected chi connectivity index (χ3v) is 6.45. The number of hydrogen-bond acceptors (Lipinski definition) is 9. The van der Waals surface area contributed by atoms with E-state index in [0.717, 1.165) is 11.3 Å². The van der Waals surface area contributed by atoms with E-state index in [2.05, 4.69) is 20.9 Å². The summed E-state index contributed by atoms with van der Waals surface area (Å²) in [5.74, 6) is 2.87. The van der Waals surface area contributed by atoms with Crippen LogP contribution in [0.4, 0.5) is 11.5 Å². The Morgan fingerprint density at radius 3 is 2.41 bits per heavy atom. The molecule has 0 aliphatic rings. The number of nitrogens with zero attached hydrogens (tertiary/aromatic N) is 4. The van der Waals surface area contributed by atoms with Crippen molar-refractivity contribution in [1.82, 2.24) is 9.97 Å². The van der Waals surface area contributed by atoms with Gasteiger partial charge in [0.25, 0.3) is 0 Å². The minimum Gasteiger partial charge on any atom is -0.497 e. The lowest BCUT2D eigenvalue weighted by molar-refractivity contribution is 0.201. The number of benzene rings is 2. The van der Waals surface area contributed by atoms with Crippen molar-refractivity contribution in [3.63, 3.8) is 0 Å². The van der Waals surface area contributed by atoms with Crippen LogP contribution >= 0.6 is 11.8 Å². The maximum Gasteiger partial charge on any atom is 0.236 e. The van der Waals surface area contributed by atoms with Gasteiger partial charge in [0.2, 0.25) is 11.6 Å². The Labute approximate surface area is 218 Å². The number of aryl methyl sites for hydroxylation is 1. The molecule has 0 fully saturated rings. The summed E-state index contributed by atoms with van der Waals surface area (Å²) in [6.07, 6.45) is 0. The number of oxazole rings is 1. The molecule has 0 aliphatic heterocycles. The predicted molar refractivity (Wildman–Crippen MR) is 140 cm³/mol. The Kier molecular flexibility index (Phi) is 7.94. The highest BCUT2D eigenvalue weighted by molar-refractivity contribution is 7.98. The highest BCUT2D eigenvalue weighted by Gasteiger charge is 2.22. The van der Waals surface area contributed by atoms with Crippen LogP contribution in [-0.4, -0.2) is 35.4 Å². The molecule has 0 radical (unpaired) electrons. The van der Waals surface area contributed by atoms with Crippen LogP contribution < -0.4 is 15.2 Å². The van der Waals surface area contributed by atoms with Crippen LogP contribution in [0.5, 0.6) is 11.5 Å². The third kappa shape index (κ3) is 5.51. The number of nitriles is 1. The number of rotatable bonds is 9. The molecule has 10 heteroatoms. The van der Waals surface area contributed by atoms with Gasteiger partial charge in [0.05, 0.1) is 31.5 Å². The van der Waals surface area contributed by atoms with E-state index < -0.39 is 0 Å². The number of aliphatic hydroxyl groups excluding tert-OH is 1. The van der Waals surface area contributed by atoms with Gasteiger partial charge in [-0.25, -0.2) is 14.8 Å². The molecule has 3 N–H and O–H groups in total. The summed E-state index contributed by atoms with van der Waals surface area (Å²) >= 11 is 1.30. The molecule has 4 rings (SSSR count). The number of aliphatic hydroxyl groups is 1. The monoisotopic (exact) mass is 513 g/mol. The van der Waals surface area contributed by atoms with E-state index in [1.807, 2.05) is 31.2 Å². The molecule has 0 atom stereocenters.